The molecule has 1 nitrogen and oxygen atoms in total. The molecular weight excluding hydrogens is 172 g/mol. The first-order chi connectivity index (χ1) is 6.70. The van der Waals surface area contributed by atoms with Crippen molar-refractivity contribution >= 4 is 5.78 Å². The maximum absolute atomic E-state index is 10.0. The lowest BCUT2D eigenvalue weighted by Gasteiger charge is -2.01. The maximum atomic E-state index is 10.0. The van der Waals surface area contributed by atoms with Crippen molar-refractivity contribution in [3.8, 4) is 0 Å². The van der Waals surface area contributed by atoms with Crippen molar-refractivity contribution in [2.45, 2.75) is 52.9 Å². The molecule has 0 N–H and O–H groups in total. The number of hydrogen-bond acceptors (Lipinski definition) is 1. The molecule has 0 saturated heterocycles. The van der Waals surface area contributed by atoms with Crippen LogP contribution in [-0.2, 0) is 4.79 Å². The van der Waals surface area contributed by atoms with Crippen LogP contribution in [0.15, 0.2) is 23.8 Å². The fourth-order valence-corrected chi connectivity index (χ4v) is 1.28. The fourth-order valence-electron chi connectivity index (χ4n) is 1.28. The fraction of sp³-hybridized carbons (Fsp3) is 0.615. The van der Waals surface area contributed by atoms with Crippen LogP contribution in [0.2, 0.25) is 0 Å². The van der Waals surface area contributed by atoms with Gasteiger partial charge in [-0.1, -0.05) is 37.6 Å². The zero-order chi connectivity index (χ0) is 10.8. The van der Waals surface area contributed by atoms with Crippen LogP contribution in [0.3, 0.4) is 0 Å². The van der Waals surface area contributed by atoms with E-state index in [0.717, 1.165) is 12.8 Å². The minimum Gasteiger partial charge on any atom is -0.300 e. The summed E-state index contributed by atoms with van der Waals surface area (Å²) in [4.78, 5) is 10.0. The third-order valence-corrected chi connectivity index (χ3v) is 2.08. The molecule has 1 heteroatoms. The lowest BCUT2D eigenvalue weighted by Crippen LogP contribution is -1.84. The lowest BCUT2D eigenvalue weighted by atomic mass is 10.1. The van der Waals surface area contributed by atoms with E-state index in [1.54, 1.807) is 6.92 Å². The SMILES string of the molecule is CCC1=CCCC=C1.CCCC(C)=O. The average molecular weight is 194 g/mol. The second-order valence-electron chi connectivity index (χ2n) is 3.56. The summed E-state index contributed by atoms with van der Waals surface area (Å²) in [6, 6.07) is 0. The Balaban J connectivity index is 0.000000255. The van der Waals surface area contributed by atoms with E-state index in [2.05, 4.69) is 25.2 Å². The normalized spacial score (nSPS) is 14.1. The van der Waals surface area contributed by atoms with Gasteiger partial charge in [-0.2, -0.15) is 0 Å². The van der Waals surface area contributed by atoms with E-state index in [1.165, 1.54) is 24.8 Å². The molecule has 0 heterocycles. The van der Waals surface area contributed by atoms with E-state index >= 15 is 0 Å². The van der Waals surface area contributed by atoms with Crippen molar-refractivity contribution in [3.05, 3.63) is 23.8 Å². The Kier molecular flexibility index (Phi) is 8.20. The van der Waals surface area contributed by atoms with Crippen molar-refractivity contribution < 1.29 is 4.79 Å². The van der Waals surface area contributed by atoms with Gasteiger partial charge in [-0.15, -0.1) is 0 Å². The Labute approximate surface area is 87.9 Å². The summed E-state index contributed by atoms with van der Waals surface area (Å²) in [5, 5.41) is 0. The van der Waals surface area contributed by atoms with Crippen LogP contribution in [0, 0.1) is 0 Å². The van der Waals surface area contributed by atoms with Crippen molar-refractivity contribution in [2.75, 3.05) is 0 Å². The third-order valence-electron chi connectivity index (χ3n) is 2.08. The van der Waals surface area contributed by atoms with Crippen LogP contribution >= 0.6 is 0 Å². The highest BCUT2D eigenvalue weighted by molar-refractivity contribution is 5.75. The molecule has 1 aliphatic carbocycles. The molecular formula is C13H22O. The first-order valence-corrected chi connectivity index (χ1v) is 5.55. The predicted molar refractivity (Wildman–Crippen MR) is 62.3 cm³/mol. The lowest BCUT2D eigenvalue weighted by molar-refractivity contribution is -0.117. The summed E-state index contributed by atoms with van der Waals surface area (Å²) in [5.41, 5.74) is 1.50. The van der Waals surface area contributed by atoms with Crippen LogP contribution < -0.4 is 0 Å². The zero-order valence-corrected chi connectivity index (χ0v) is 9.68. The van der Waals surface area contributed by atoms with Crippen LogP contribution in [0.4, 0.5) is 0 Å². The first-order valence-electron chi connectivity index (χ1n) is 5.55. The molecule has 1 rings (SSSR count). The van der Waals surface area contributed by atoms with Crippen LogP contribution in [-0.4, -0.2) is 5.78 Å². The van der Waals surface area contributed by atoms with Gasteiger partial charge in [0, 0.05) is 6.42 Å². The van der Waals surface area contributed by atoms with E-state index in [4.69, 9.17) is 0 Å². The summed E-state index contributed by atoms with van der Waals surface area (Å²) in [5.74, 6) is 0.289. The molecule has 0 aliphatic heterocycles. The van der Waals surface area contributed by atoms with Crippen LogP contribution in [0.25, 0.3) is 0 Å². The molecule has 0 saturated carbocycles. The summed E-state index contributed by atoms with van der Waals surface area (Å²) in [6.07, 6.45) is 12.2. The standard InChI is InChI=1S/C8H12.C5H10O/c1-2-8-6-4-3-5-7-8;1-3-4-5(2)6/h4,6-7H,2-3,5H2,1H3;3-4H2,1-2H3. The molecule has 14 heavy (non-hydrogen) atoms. The average Bonchev–Trinajstić information content (AvgIpc) is 2.20. The molecule has 0 aromatic heterocycles. The smallest absolute Gasteiger partial charge is 0.129 e. The van der Waals surface area contributed by atoms with E-state index in [9.17, 15) is 4.79 Å². The number of rotatable bonds is 3. The van der Waals surface area contributed by atoms with Gasteiger partial charge in [0.05, 0.1) is 0 Å². The minimum atomic E-state index is 0.289. The second-order valence-corrected chi connectivity index (χ2v) is 3.56. The van der Waals surface area contributed by atoms with Gasteiger partial charge in [-0.05, 0) is 32.6 Å². The van der Waals surface area contributed by atoms with Gasteiger partial charge >= 0.3 is 0 Å². The van der Waals surface area contributed by atoms with E-state index in [0.29, 0.717) is 0 Å². The monoisotopic (exact) mass is 194 g/mol. The summed E-state index contributed by atoms with van der Waals surface area (Å²) < 4.78 is 0. The van der Waals surface area contributed by atoms with E-state index < -0.39 is 0 Å². The largest absolute Gasteiger partial charge is 0.300 e. The Morgan fingerprint density at radius 3 is 2.29 bits per heavy atom. The molecule has 0 bridgehead atoms. The molecule has 0 spiro atoms. The highest BCUT2D eigenvalue weighted by atomic mass is 16.1. The Bertz CT molecular complexity index is 211. The predicted octanol–water partition coefficient (Wildman–Crippen LogP) is 4.05. The summed E-state index contributed by atoms with van der Waals surface area (Å²) >= 11 is 0. The molecule has 0 radical (unpaired) electrons. The Hall–Kier alpha value is -0.850. The molecule has 0 aromatic rings. The van der Waals surface area contributed by atoms with Gasteiger partial charge in [-0.25, -0.2) is 0 Å². The van der Waals surface area contributed by atoms with Gasteiger partial charge in [0.25, 0.3) is 0 Å². The minimum absolute atomic E-state index is 0.289. The Morgan fingerprint density at radius 2 is 2.07 bits per heavy atom. The number of Topliss-reactive ketones (excluding diaryl/α,β-unsaturated/α-hetero) is 1. The Morgan fingerprint density at radius 1 is 1.36 bits per heavy atom. The second kappa shape index (κ2) is 8.74. The van der Waals surface area contributed by atoms with Crippen LogP contribution in [0.1, 0.15) is 52.9 Å². The molecule has 0 atom stereocenters. The zero-order valence-electron chi connectivity index (χ0n) is 9.68. The topological polar surface area (TPSA) is 17.1 Å². The summed E-state index contributed by atoms with van der Waals surface area (Å²) in [6.45, 7) is 5.81. The number of carbonyl (C=O) groups is 1. The molecule has 0 amide bonds. The molecule has 80 valence electrons. The van der Waals surface area contributed by atoms with Crippen molar-refractivity contribution in [2.24, 2.45) is 0 Å². The van der Waals surface area contributed by atoms with Crippen molar-refractivity contribution in [1.82, 2.24) is 0 Å². The van der Waals surface area contributed by atoms with Gasteiger partial charge in [0.15, 0.2) is 0 Å². The number of carbonyl (C=O) groups excluding carboxylic acids is 1. The van der Waals surface area contributed by atoms with E-state index in [-0.39, 0.29) is 5.78 Å². The highest BCUT2D eigenvalue weighted by Crippen LogP contribution is 2.11. The summed E-state index contributed by atoms with van der Waals surface area (Å²) in [7, 11) is 0. The molecule has 0 fully saturated rings. The van der Waals surface area contributed by atoms with Crippen molar-refractivity contribution in [1.29, 1.82) is 0 Å². The van der Waals surface area contributed by atoms with Gasteiger partial charge < -0.3 is 4.79 Å². The van der Waals surface area contributed by atoms with Gasteiger partial charge in [0.2, 0.25) is 0 Å². The van der Waals surface area contributed by atoms with Gasteiger partial charge in [0.1, 0.15) is 5.78 Å². The maximum Gasteiger partial charge on any atom is 0.129 e. The highest BCUT2D eigenvalue weighted by Gasteiger charge is 1.90. The van der Waals surface area contributed by atoms with E-state index in [1.807, 2.05) is 6.92 Å². The molecule has 0 unspecified atom stereocenters. The van der Waals surface area contributed by atoms with Gasteiger partial charge in [-0.3, -0.25) is 0 Å². The third kappa shape index (κ3) is 7.78. The molecule has 1 aliphatic rings. The number of hydrogen-bond donors (Lipinski definition) is 0. The first kappa shape index (κ1) is 13.2. The number of ketones is 1. The number of allylic oxidation sites excluding steroid dienone is 4. The van der Waals surface area contributed by atoms with Crippen molar-refractivity contribution in [3.63, 3.8) is 0 Å². The molecule has 0 aromatic carbocycles. The van der Waals surface area contributed by atoms with Crippen LogP contribution in [0.5, 0.6) is 0 Å². The quantitative estimate of drug-likeness (QED) is 0.662.